The number of hydrogen-bond acceptors (Lipinski definition) is 3. The second-order valence-electron chi connectivity index (χ2n) is 5.64. The lowest BCUT2D eigenvalue weighted by atomic mass is 9.93. The molecule has 0 amide bonds. The number of hydrogen-bond donors (Lipinski definition) is 1. The van der Waals surface area contributed by atoms with E-state index in [0.29, 0.717) is 18.2 Å². The quantitative estimate of drug-likeness (QED) is 0.783. The van der Waals surface area contributed by atoms with Crippen LogP contribution in [0.2, 0.25) is 0 Å². The van der Waals surface area contributed by atoms with E-state index in [9.17, 15) is 0 Å². The summed E-state index contributed by atoms with van der Waals surface area (Å²) in [6.07, 6.45) is 14.1. The molecular formula is C15H28N2O. The highest BCUT2D eigenvalue weighted by molar-refractivity contribution is 4.99. The predicted octanol–water partition coefficient (Wildman–Crippen LogP) is 2.31. The van der Waals surface area contributed by atoms with Gasteiger partial charge in [-0.05, 0) is 32.1 Å². The van der Waals surface area contributed by atoms with Gasteiger partial charge in [0, 0.05) is 32.3 Å². The van der Waals surface area contributed by atoms with E-state index in [1.807, 2.05) is 7.11 Å². The number of rotatable bonds is 3. The molecule has 1 heterocycles. The van der Waals surface area contributed by atoms with Gasteiger partial charge in [0.1, 0.15) is 0 Å². The first-order valence-electron chi connectivity index (χ1n) is 7.50. The summed E-state index contributed by atoms with van der Waals surface area (Å²) >= 11 is 0. The van der Waals surface area contributed by atoms with E-state index in [4.69, 9.17) is 10.5 Å². The summed E-state index contributed by atoms with van der Waals surface area (Å²) in [6.45, 7) is 1.89. The van der Waals surface area contributed by atoms with E-state index < -0.39 is 0 Å². The minimum atomic E-state index is 0.410. The van der Waals surface area contributed by atoms with Crippen LogP contribution in [0.3, 0.4) is 0 Å². The van der Waals surface area contributed by atoms with E-state index in [1.165, 1.54) is 32.1 Å². The zero-order chi connectivity index (χ0) is 12.8. The maximum absolute atomic E-state index is 5.97. The molecule has 0 saturated carbocycles. The van der Waals surface area contributed by atoms with Crippen LogP contribution in [-0.2, 0) is 4.74 Å². The number of allylic oxidation sites excluding steroid dienone is 1. The molecule has 1 saturated heterocycles. The molecule has 0 aromatic rings. The lowest BCUT2D eigenvalue weighted by Crippen LogP contribution is -2.52. The van der Waals surface area contributed by atoms with Gasteiger partial charge >= 0.3 is 0 Å². The van der Waals surface area contributed by atoms with Gasteiger partial charge < -0.3 is 10.5 Å². The summed E-state index contributed by atoms with van der Waals surface area (Å²) in [5.74, 6) is 0. The lowest BCUT2D eigenvalue weighted by Gasteiger charge is -2.42. The summed E-state index contributed by atoms with van der Waals surface area (Å²) in [6, 6.07) is 1.11. The molecule has 1 aliphatic heterocycles. The van der Waals surface area contributed by atoms with Crippen LogP contribution >= 0.6 is 0 Å². The molecule has 3 atom stereocenters. The van der Waals surface area contributed by atoms with Crippen LogP contribution in [-0.4, -0.2) is 43.3 Å². The third-order valence-electron chi connectivity index (χ3n) is 4.47. The van der Waals surface area contributed by atoms with Crippen LogP contribution in [0.5, 0.6) is 0 Å². The minimum absolute atomic E-state index is 0.410. The van der Waals surface area contributed by atoms with Gasteiger partial charge in [0.2, 0.25) is 0 Å². The molecule has 3 nitrogen and oxygen atoms in total. The number of nitrogens with two attached hydrogens (primary N) is 1. The number of likely N-dealkylation sites (tertiary alicyclic amines) is 1. The molecule has 0 bridgehead atoms. The smallest absolute Gasteiger partial charge is 0.0599 e. The molecule has 1 fully saturated rings. The first-order valence-corrected chi connectivity index (χ1v) is 7.50. The fourth-order valence-electron chi connectivity index (χ4n) is 3.33. The Morgan fingerprint density at radius 2 is 2.17 bits per heavy atom. The van der Waals surface area contributed by atoms with Crippen LogP contribution in [0.25, 0.3) is 0 Å². The Morgan fingerprint density at radius 1 is 1.28 bits per heavy atom. The van der Waals surface area contributed by atoms with E-state index in [2.05, 4.69) is 17.1 Å². The lowest BCUT2D eigenvalue weighted by molar-refractivity contribution is 0.00168. The molecule has 3 unspecified atom stereocenters. The zero-order valence-electron chi connectivity index (χ0n) is 11.7. The second-order valence-corrected chi connectivity index (χ2v) is 5.64. The first-order chi connectivity index (χ1) is 8.85. The Balaban J connectivity index is 1.98. The van der Waals surface area contributed by atoms with Crippen molar-refractivity contribution in [1.29, 1.82) is 0 Å². The number of nitrogens with zero attached hydrogens (tertiary/aromatic N) is 1. The van der Waals surface area contributed by atoms with Gasteiger partial charge in [-0.25, -0.2) is 0 Å². The SMILES string of the molecule is COC1CCN(C2/C=C/CCCCC2)C(CN)C1. The second kappa shape index (κ2) is 7.27. The standard InChI is InChI=1S/C15H28N2O/c1-18-15-9-10-17(14(11-15)12-16)13-7-5-3-2-4-6-8-13/h5,7,13-15H,2-4,6,8-12,16H2,1H3/b7-5+. The molecule has 104 valence electrons. The highest BCUT2D eigenvalue weighted by atomic mass is 16.5. The number of ether oxygens (including phenoxy) is 1. The van der Waals surface area contributed by atoms with Crippen LogP contribution in [0.4, 0.5) is 0 Å². The van der Waals surface area contributed by atoms with E-state index in [0.717, 1.165) is 25.9 Å². The van der Waals surface area contributed by atoms with Gasteiger partial charge in [-0.15, -0.1) is 0 Å². The molecular weight excluding hydrogens is 224 g/mol. The monoisotopic (exact) mass is 252 g/mol. The molecule has 18 heavy (non-hydrogen) atoms. The Hall–Kier alpha value is -0.380. The van der Waals surface area contributed by atoms with Gasteiger partial charge in [0.15, 0.2) is 0 Å². The van der Waals surface area contributed by atoms with Crippen molar-refractivity contribution < 1.29 is 4.74 Å². The number of piperidine rings is 1. The minimum Gasteiger partial charge on any atom is -0.381 e. The van der Waals surface area contributed by atoms with Crippen molar-refractivity contribution in [3.63, 3.8) is 0 Å². The fourth-order valence-corrected chi connectivity index (χ4v) is 3.33. The highest BCUT2D eigenvalue weighted by Crippen LogP contribution is 2.25. The van der Waals surface area contributed by atoms with Crippen molar-refractivity contribution in [2.24, 2.45) is 5.73 Å². The molecule has 0 spiro atoms. The summed E-state index contributed by atoms with van der Waals surface area (Å²) in [5.41, 5.74) is 5.97. The van der Waals surface area contributed by atoms with Crippen molar-refractivity contribution >= 4 is 0 Å². The summed E-state index contributed by atoms with van der Waals surface area (Å²) in [4.78, 5) is 2.62. The molecule has 2 N–H and O–H groups in total. The highest BCUT2D eigenvalue weighted by Gasteiger charge is 2.31. The van der Waals surface area contributed by atoms with Crippen LogP contribution in [0.15, 0.2) is 12.2 Å². The van der Waals surface area contributed by atoms with Crippen molar-refractivity contribution in [1.82, 2.24) is 4.90 Å². The topological polar surface area (TPSA) is 38.5 Å². The maximum Gasteiger partial charge on any atom is 0.0599 e. The average Bonchev–Trinajstić information content (AvgIpc) is 2.38. The Labute approximate surface area is 111 Å². The molecule has 0 aromatic heterocycles. The Kier molecular flexibility index (Phi) is 5.67. The molecule has 3 heteroatoms. The zero-order valence-corrected chi connectivity index (χ0v) is 11.7. The van der Waals surface area contributed by atoms with Crippen molar-refractivity contribution in [3.8, 4) is 0 Å². The summed E-state index contributed by atoms with van der Waals surface area (Å²) in [5, 5.41) is 0. The van der Waals surface area contributed by atoms with Gasteiger partial charge in [-0.1, -0.05) is 25.0 Å². The van der Waals surface area contributed by atoms with Gasteiger partial charge in [0.05, 0.1) is 6.10 Å². The molecule has 2 aliphatic rings. The summed E-state index contributed by atoms with van der Waals surface area (Å²) in [7, 11) is 1.82. The number of methoxy groups -OCH3 is 1. The largest absolute Gasteiger partial charge is 0.381 e. The molecule has 0 radical (unpaired) electrons. The van der Waals surface area contributed by atoms with Crippen molar-refractivity contribution in [3.05, 3.63) is 12.2 Å². The third-order valence-corrected chi connectivity index (χ3v) is 4.47. The van der Waals surface area contributed by atoms with Crippen molar-refractivity contribution in [2.75, 3.05) is 20.2 Å². The maximum atomic E-state index is 5.97. The van der Waals surface area contributed by atoms with E-state index in [-0.39, 0.29) is 0 Å². The fraction of sp³-hybridized carbons (Fsp3) is 0.867. The van der Waals surface area contributed by atoms with E-state index >= 15 is 0 Å². The average molecular weight is 252 g/mol. The van der Waals surface area contributed by atoms with Crippen molar-refractivity contribution in [2.45, 2.75) is 63.1 Å². The third kappa shape index (κ3) is 3.56. The van der Waals surface area contributed by atoms with E-state index in [1.54, 1.807) is 0 Å². The Bertz CT molecular complexity index is 267. The van der Waals surface area contributed by atoms with Crippen LogP contribution in [0.1, 0.15) is 44.9 Å². The van der Waals surface area contributed by atoms with Crippen LogP contribution < -0.4 is 5.73 Å². The van der Waals surface area contributed by atoms with Gasteiger partial charge in [0.25, 0.3) is 0 Å². The van der Waals surface area contributed by atoms with Gasteiger partial charge in [-0.2, -0.15) is 0 Å². The van der Waals surface area contributed by atoms with Crippen LogP contribution in [0, 0.1) is 0 Å². The molecule has 2 rings (SSSR count). The normalized spacial score (nSPS) is 36.9. The first kappa shape index (κ1) is 14.0. The Morgan fingerprint density at radius 3 is 2.94 bits per heavy atom. The summed E-state index contributed by atoms with van der Waals surface area (Å²) < 4.78 is 5.50. The molecule has 1 aliphatic carbocycles. The molecule has 0 aromatic carbocycles. The predicted molar refractivity (Wildman–Crippen MR) is 75.6 cm³/mol. The van der Waals surface area contributed by atoms with Gasteiger partial charge in [-0.3, -0.25) is 4.90 Å².